The van der Waals surface area contributed by atoms with Crippen molar-refractivity contribution < 1.29 is 9.53 Å². The highest BCUT2D eigenvalue weighted by atomic mass is 35.5. The van der Waals surface area contributed by atoms with Gasteiger partial charge in [-0.2, -0.15) is 5.10 Å². The molecule has 0 aliphatic heterocycles. The number of amides is 1. The summed E-state index contributed by atoms with van der Waals surface area (Å²) >= 11 is 12.1. The fraction of sp³-hybridized carbons (Fsp3) is 0.185. The first-order valence-corrected chi connectivity index (χ1v) is 11.6. The normalized spacial score (nSPS) is 10.9. The Kier molecular flexibility index (Phi) is 7.25. The zero-order valence-electron chi connectivity index (χ0n) is 19.2. The standard InChI is InChI=1S/C27H25Cl2N3O2/c1-17-6-4-5-7-22(17)15-32-19(3)26(18(2)31-32)30-27(33)21-10-8-20(9-11-21)16-34-25-13-12-23(28)14-24(25)29/h4-14H,15-16H2,1-3H3,(H,30,33). The van der Waals surface area contributed by atoms with Crippen LogP contribution in [0.5, 0.6) is 5.75 Å². The Balaban J connectivity index is 1.42. The van der Waals surface area contributed by atoms with Crippen molar-refractivity contribution in [1.29, 1.82) is 0 Å². The largest absolute Gasteiger partial charge is 0.487 e. The number of carbonyl (C=O) groups excluding carboxylic acids is 1. The molecule has 34 heavy (non-hydrogen) atoms. The zero-order chi connectivity index (χ0) is 24.2. The van der Waals surface area contributed by atoms with Gasteiger partial charge in [-0.25, -0.2) is 0 Å². The van der Waals surface area contributed by atoms with E-state index < -0.39 is 0 Å². The average molecular weight is 494 g/mol. The highest BCUT2D eigenvalue weighted by Gasteiger charge is 2.16. The summed E-state index contributed by atoms with van der Waals surface area (Å²) in [5.74, 6) is 0.372. The van der Waals surface area contributed by atoms with Crippen LogP contribution >= 0.6 is 23.2 Å². The Morgan fingerprint density at radius 1 is 1.00 bits per heavy atom. The highest BCUT2D eigenvalue weighted by molar-refractivity contribution is 6.35. The summed E-state index contributed by atoms with van der Waals surface area (Å²) < 4.78 is 7.69. The van der Waals surface area contributed by atoms with E-state index >= 15 is 0 Å². The molecule has 0 spiro atoms. The van der Waals surface area contributed by atoms with E-state index in [1.54, 1.807) is 30.3 Å². The van der Waals surface area contributed by atoms with Crippen molar-refractivity contribution in [3.05, 3.63) is 110 Å². The second-order valence-electron chi connectivity index (χ2n) is 8.14. The minimum Gasteiger partial charge on any atom is -0.487 e. The van der Waals surface area contributed by atoms with Crippen molar-refractivity contribution in [2.24, 2.45) is 0 Å². The lowest BCUT2D eigenvalue weighted by atomic mass is 10.1. The van der Waals surface area contributed by atoms with Crippen LogP contribution in [-0.2, 0) is 13.2 Å². The minimum atomic E-state index is -0.185. The number of anilines is 1. The third-order valence-electron chi connectivity index (χ3n) is 5.71. The summed E-state index contributed by atoms with van der Waals surface area (Å²) in [6, 6.07) is 20.6. The molecule has 0 saturated heterocycles. The summed E-state index contributed by atoms with van der Waals surface area (Å²) in [7, 11) is 0. The Morgan fingerprint density at radius 3 is 2.44 bits per heavy atom. The summed E-state index contributed by atoms with van der Waals surface area (Å²) in [5, 5.41) is 8.67. The Morgan fingerprint density at radius 2 is 1.74 bits per heavy atom. The molecule has 0 unspecified atom stereocenters. The maximum atomic E-state index is 12.9. The zero-order valence-corrected chi connectivity index (χ0v) is 20.7. The van der Waals surface area contributed by atoms with Crippen molar-refractivity contribution in [3.8, 4) is 5.75 Å². The molecule has 1 amide bonds. The number of aryl methyl sites for hydroxylation is 2. The lowest BCUT2D eigenvalue weighted by Crippen LogP contribution is -2.13. The molecule has 3 aromatic carbocycles. The molecule has 5 nitrogen and oxygen atoms in total. The van der Waals surface area contributed by atoms with Crippen LogP contribution in [0, 0.1) is 20.8 Å². The lowest BCUT2D eigenvalue weighted by molar-refractivity contribution is 0.102. The molecule has 0 bridgehead atoms. The number of nitrogens with zero attached hydrogens (tertiary/aromatic N) is 2. The van der Waals surface area contributed by atoms with Gasteiger partial charge in [-0.1, -0.05) is 59.6 Å². The van der Waals surface area contributed by atoms with Crippen molar-refractivity contribution in [3.63, 3.8) is 0 Å². The van der Waals surface area contributed by atoms with Crippen LogP contribution in [0.3, 0.4) is 0 Å². The van der Waals surface area contributed by atoms with Gasteiger partial charge in [-0.05, 0) is 67.8 Å². The van der Waals surface area contributed by atoms with E-state index in [-0.39, 0.29) is 5.91 Å². The molecule has 1 N–H and O–H groups in total. The molecule has 1 heterocycles. The van der Waals surface area contributed by atoms with E-state index in [9.17, 15) is 4.79 Å². The van der Waals surface area contributed by atoms with Crippen molar-refractivity contribution >= 4 is 34.8 Å². The quantitative estimate of drug-likeness (QED) is 0.301. The van der Waals surface area contributed by atoms with E-state index in [0.29, 0.717) is 34.5 Å². The molecular formula is C27H25Cl2N3O2. The van der Waals surface area contributed by atoms with Crippen molar-refractivity contribution in [2.45, 2.75) is 33.9 Å². The second kappa shape index (κ2) is 10.3. The third-order valence-corrected chi connectivity index (χ3v) is 6.24. The number of ether oxygens (including phenoxy) is 1. The smallest absolute Gasteiger partial charge is 0.255 e. The number of aromatic nitrogens is 2. The minimum absolute atomic E-state index is 0.185. The van der Waals surface area contributed by atoms with Crippen LogP contribution in [0.2, 0.25) is 10.0 Å². The van der Waals surface area contributed by atoms with Gasteiger partial charge in [0.1, 0.15) is 12.4 Å². The van der Waals surface area contributed by atoms with Crippen LogP contribution in [0.4, 0.5) is 5.69 Å². The molecule has 174 valence electrons. The number of hydrogen-bond donors (Lipinski definition) is 1. The highest BCUT2D eigenvalue weighted by Crippen LogP contribution is 2.28. The van der Waals surface area contributed by atoms with Gasteiger partial charge in [-0.15, -0.1) is 0 Å². The SMILES string of the molecule is Cc1ccccc1Cn1nc(C)c(NC(=O)c2ccc(COc3ccc(Cl)cc3Cl)cc2)c1C. The topological polar surface area (TPSA) is 56.2 Å². The van der Waals surface area contributed by atoms with Gasteiger partial charge in [-0.3, -0.25) is 9.48 Å². The molecule has 1 aromatic heterocycles. The van der Waals surface area contributed by atoms with Crippen LogP contribution < -0.4 is 10.1 Å². The molecule has 0 saturated carbocycles. The summed E-state index contributed by atoms with van der Waals surface area (Å²) in [5.41, 5.74) is 6.32. The molecule has 0 radical (unpaired) electrons. The number of nitrogens with one attached hydrogen (secondary N) is 1. The number of benzene rings is 3. The Bertz CT molecular complexity index is 1330. The van der Waals surface area contributed by atoms with Gasteiger partial charge in [0.05, 0.1) is 28.6 Å². The summed E-state index contributed by atoms with van der Waals surface area (Å²) in [4.78, 5) is 12.9. The van der Waals surface area contributed by atoms with Gasteiger partial charge >= 0.3 is 0 Å². The van der Waals surface area contributed by atoms with Crippen LogP contribution in [0.25, 0.3) is 0 Å². The van der Waals surface area contributed by atoms with Gasteiger partial charge < -0.3 is 10.1 Å². The maximum Gasteiger partial charge on any atom is 0.255 e. The molecule has 4 aromatic rings. The maximum absolute atomic E-state index is 12.9. The van der Waals surface area contributed by atoms with Gasteiger partial charge in [0.2, 0.25) is 0 Å². The fourth-order valence-electron chi connectivity index (χ4n) is 3.67. The lowest BCUT2D eigenvalue weighted by Gasteiger charge is -2.10. The van der Waals surface area contributed by atoms with E-state index in [1.165, 1.54) is 11.1 Å². The molecule has 0 atom stereocenters. The van der Waals surface area contributed by atoms with Gasteiger partial charge in [0.25, 0.3) is 5.91 Å². The number of hydrogen-bond acceptors (Lipinski definition) is 3. The molecular weight excluding hydrogens is 469 g/mol. The second-order valence-corrected chi connectivity index (χ2v) is 8.99. The molecule has 0 aliphatic carbocycles. The Labute approximate surface area is 209 Å². The summed E-state index contributed by atoms with van der Waals surface area (Å²) in [6.07, 6.45) is 0. The fourth-order valence-corrected chi connectivity index (χ4v) is 4.14. The predicted octanol–water partition coefficient (Wildman–Crippen LogP) is 6.99. The van der Waals surface area contributed by atoms with Crippen molar-refractivity contribution in [2.75, 3.05) is 5.32 Å². The Hall–Kier alpha value is -3.28. The first-order valence-electron chi connectivity index (χ1n) is 10.9. The van der Waals surface area contributed by atoms with Crippen LogP contribution in [0.15, 0.2) is 66.7 Å². The van der Waals surface area contributed by atoms with Crippen molar-refractivity contribution in [1.82, 2.24) is 9.78 Å². The molecule has 4 rings (SSSR count). The summed E-state index contributed by atoms with van der Waals surface area (Å²) in [6.45, 7) is 6.94. The van der Waals surface area contributed by atoms with Gasteiger partial charge in [0, 0.05) is 10.6 Å². The van der Waals surface area contributed by atoms with E-state index in [4.69, 9.17) is 27.9 Å². The third kappa shape index (κ3) is 5.44. The molecule has 0 aliphatic rings. The molecule has 7 heteroatoms. The molecule has 0 fully saturated rings. The first kappa shape index (κ1) is 23.9. The monoisotopic (exact) mass is 493 g/mol. The van der Waals surface area contributed by atoms with E-state index in [0.717, 1.165) is 22.6 Å². The van der Waals surface area contributed by atoms with E-state index in [2.05, 4.69) is 29.5 Å². The predicted molar refractivity (Wildman–Crippen MR) is 137 cm³/mol. The van der Waals surface area contributed by atoms with E-state index in [1.807, 2.05) is 42.8 Å². The van der Waals surface area contributed by atoms with Crippen LogP contribution in [0.1, 0.15) is 38.4 Å². The van der Waals surface area contributed by atoms with Crippen LogP contribution in [-0.4, -0.2) is 15.7 Å². The number of carbonyl (C=O) groups is 1. The first-order chi connectivity index (χ1) is 16.3. The number of halogens is 2. The van der Waals surface area contributed by atoms with Gasteiger partial charge in [0.15, 0.2) is 0 Å². The average Bonchev–Trinajstić information content (AvgIpc) is 3.07. The number of rotatable bonds is 7.